The lowest BCUT2D eigenvalue weighted by Crippen LogP contribution is -2.09. The van der Waals surface area contributed by atoms with Crippen LogP contribution < -0.4 is 14.2 Å². The summed E-state index contributed by atoms with van der Waals surface area (Å²) in [5.41, 5.74) is 0.123. The predicted molar refractivity (Wildman–Crippen MR) is 99.1 cm³/mol. The molecule has 10 nitrogen and oxygen atoms in total. The Morgan fingerprint density at radius 2 is 1.65 bits per heavy atom. The molecule has 0 amide bonds. The zero-order chi connectivity index (χ0) is 23.0. The largest absolute Gasteiger partial charge is 0.493 e. The summed E-state index contributed by atoms with van der Waals surface area (Å²) < 4.78 is 87.8. The third kappa shape index (κ3) is 4.39. The zero-order valence-electron chi connectivity index (χ0n) is 16.2. The molecule has 0 radical (unpaired) electrons. The van der Waals surface area contributed by atoms with Crippen molar-refractivity contribution in [1.29, 1.82) is 0 Å². The van der Waals surface area contributed by atoms with Crippen molar-refractivity contribution in [2.24, 2.45) is 0 Å². The Hall–Kier alpha value is -3.39. The van der Waals surface area contributed by atoms with E-state index in [1.807, 2.05) is 0 Å². The summed E-state index contributed by atoms with van der Waals surface area (Å²) >= 11 is 0. The Bertz CT molecular complexity index is 1180. The average Bonchev–Trinajstić information content (AvgIpc) is 3.18. The first-order valence-corrected chi connectivity index (χ1v) is 9.72. The van der Waals surface area contributed by atoms with Crippen LogP contribution in [0.2, 0.25) is 0 Å². The topological polar surface area (TPSA) is 126 Å². The van der Waals surface area contributed by atoms with Gasteiger partial charge in [0.25, 0.3) is 15.9 Å². The third-order valence-electron chi connectivity index (χ3n) is 4.02. The first-order valence-electron chi connectivity index (χ1n) is 8.28. The van der Waals surface area contributed by atoms with Crippen molar-refractivity contribution in [2.45, 2.75) is 11.1 Å². The molecule has 0 saturated heterocycles. The first kappa shape index (κ1) is 22.3. The molecular weight excluding hydrogens is 445 g/mol. The van der Waals surface area contributed by atoms with Crippen LogP contribution in [0.1, 0.15) is 5.82 Å². The van der Waals surface area contributed by atoms with Crippen LogP contribution in [0.15, 0.2) is 35.4 Å². The van der Waals surface area contributed by atoms with E-state index in [1.165, 1.54) is 33.5 Å². The van der Waals surface area contributed by atoms with E-state index in [4.69, 9.17) is 18.8 Å². The number of aromatic nitrogens is 4. The highest BCUT2D eigenvalue weighted by atomic mass is 32.2. The van der Waals surface area contributed by atoms with Gasteiger partial charge in [-0.15, -0.1) is 5.10 Å². The number of halogens is 3. The SMILES string of the molecule is COc1cc(-c2nc(C(F)(F)F)nn2-c2ccc(S(=O)(=O)O)cn2)cc(OC)c1OC. The van der Waals surface area contributed by atoms with E-state index >= 15 is 0 Å². The van der Waals surface area contributed by atoms with Gasteiger partial charge in [0, 0.05) is 5.56 Å². The summed E-state index contributed by atoms with van der Waals surface area (Å²) in [6.45, 7) is 0. The van der Waals surface area contributed by atoms with Gasteiger partial charge in [0.1, 0.15) is 4.90 Å². The van der Waals surface area contributed by atoms with Gasteiger partial charge in [-0.05, 0) is 24.3 Å². The Morgan fingerprint density at radius 1 is 1.03 bits per heavy atom. The quantitative estimate of drug-likeness (QED) is 0.553. The molecule has 2 heterocycles. The fraction of sp³-hybridized carbons (Fsp3) is 0.235. The number of hydrogen-bond donors (Lipinski definition) is 1. The lowest BCUT2D eigenvalue weighted by atomic mass is 10.1. The molecular formula is C17H15F3N4O6S. The number of alkyl halides is 3. The fourth-order valence-electron chi connectivity index (χ4n) is 2.64. The summed E-state index contributed by atoms with van der Waals surface area (Å²) in [6, 6.07) is 4.77. The molecule has 3 rings (SSSR count). The lowest BCUT2D eigenvalue weighted by molar-refractivity contribution is -0.144. The minimum Gasteiger partial charge on any atom is -0.493 e. The summed E-state index contributed by atoms with van der Waals surface area (Å²) in [6.07, 6.45) is -4.09. The Morgan fingerprint density at radius 3 is 2.06 bits per heavy atom. The van der Waals surface area contributed by atoms with Crippen LogP contribution >= 0.6 is 0 Å². The van der Waals surface area contributed by atoms with Crippen molar-refractivity contribution in [3.05, 3.63) is 36.3 Å². The fourth-order valence-corrected chi connectivity index (χ4v) is 3.07. The van der Waals surface area contributed by atoms with Crippen molar-refractivity contribution in [3.8, 4) is 34.5 Å². The number of benzene rings is 1. The van der Waals surface area contributed by atoms with Crippen molar-refractivity contribution in [2.75, 3.05) is 21.3 Å². The van der Waals surface area contributed by atoms with E-state index in [2.05, 4.69) is 15.1 Å². The monoisotopic (exact) mass is 460 g/mol. The van der Waals surface area contributed by atoms with Crippen LogP contribution in [0.4, 0.5) is 13.2 Å². The van der Waals surface area contributed by atoms with E-state index in [9.17, 15) is 21.6 Å². The van der Waals surface area contributed by atoms with E-state index in [1.54, 1.807) is 0 Å². The molecule has 0 spiro atoms. The number of pyridine rings is 1. The summed E-state index contributed by atoms with van der Waals surface area (Å²) in [4.78, 5) is 6.82. The molecule has 1 aromatic carbocycles. The van der Waals surface area contributed by atoms with Gasteiger partial charge in [0.2, 0.25) is 5.75 Å². The maximum absolute atomic E-state index is 13.3. The van der Waals surface area contributed by atoms with Gasteiger partial charge in [0.15, 0.2) is 23.1 Å². The van der Waals surface area contributed by atoms with Crippen LogP contribution in [-0.2, 0) is 16.3 Å². The normalized spacial score (nSPS) is 12.0. The van der Waals surface area contributed by atoms with E-state index < -0.39 is 27.0 Å². The molecule has 1 N–H and O–H groups in total. The highest BCUT2D eigenvalue weighted by molar-refractivity contribution is 7.85. The third-order valence-corrected chi connectivity index (χ3v) is 4.86. The molecule has 0 fully saturated rings. The van der Waals surface area contributed by atoms with Crippen molar-refractivity contribution in [3.63, 3.8) is 0 Å². The maximum atomic E-state index is 13.3. The molecule has 166 valence electrons. The summed E-state index contributed by atoms with van der Waals surface area (Å²) in [5, 5.41) is 3.47. The second kappa shape index (κ2) is 8.03. The molecule has 0 saturated carbocycles. The molecule has 2 aromatic heterocycles. The van der Waals surface area contributed by atoms with E-state index in [0.717, 1.165) is 23.0 Å². The minimum atomic E-state index is -4.87. The van der Waals surface area contributed by atoms with Crippen LogP contribution in [0.3, 0.4) is 0 Å². The molecule has 31 heavy (non-hydrogen) atoms. The smallest absolute Gasteiger partial charge is 0.453 e. The second-order valence-electron chi connectivity index (χ2n) is 5.91. The molecule has 0 bridgehead atoms. The molecule has 0 atom stereocenters. The van der Waals surface area contributed by atoms with Crippen molar-refractivity contribution >= 4 is 10.1 Å². The Labute approximate surface area is 174 Å². The van der Waals surface area contributed by atoms with Crippen LogP contribution in [-0.4, -0.2) is 54.0 Å². The average molecular weight is 460 g/mol. The Balaban J connectivity index is 2.25. The first-order chi connectivity index (χ1) is 14.5. The highest BCUT2D eigenvalue weighted by Gasteiger charge is 2.38. The number of methoxy groups -OCH3 is 3. The second-order valence-corrected chi connectivity index (χ2v) is 7.33. The van der Waals surface area contributed by atoms with E-state index in [0.29, 0.717) is 0 Å². The van der Waals surface area contributed by atoms with Gasteiger partial charge in [0.05, 0.1) is 27.5 Å². The number of hydrogen-bond acceptors (Lipinski definition) is 8. The van der Waals surface area contributed by atoms with Gasteiger partial charge >= 0.3 is 6.18 Å². The van der Waals surface area contributed by atoms with Crippen molar-refractivity contribution < 1.29 is 40.4 Å². The molecule has 0 aliphatic heterocycles. The van der Waals surface area contributed by atoms with Gasteiger partial charge in [-0.2, -0.15) is 26.3 Å². The molecule has 0 aliphatic rings. The number of rotatable bonds is 6. The van der Waals surface area contributed by atoms with Gasteiger partial charge in [-0.3, -0.25) is 4.55 Å². The van der Waals surface area contributed by atoms with Crippen molar-refractivity contribution in [1.82, 2.24) is 19.7 Å². The summed E-state index contributed by atoms with van der Waals surface area (Å²) in [5.74, 6) is -1.37. The van der Waals surface area contributed by atoms with Gasteiger partial charge in [-0.25, -0.2) is 9.97 Å². The van der Waals surface area contributed by atoms with Crippen LogP contribution in [0, 0.1) is 0 Å². The molecule has 3 aromatic rings. The standard InChI is InChI=1S/C17H15F3N4O6S/c1-28-11-6-9(7-12(29-2)14(11)30-3)15-22-16(17(18,19)20)23-24(15)13-5-4-10(8-21-13)31(25,26)27/h4-8H,1-3H3,(H,25,26,27). The molecule has 0 unspecified atom stereocenters. The highest BCUT2D eigenvalue weighted by Crippen LogP contribution is 2.41. The maximum Gasteiger partial charge on any atom is 0.453 e. The predicted octanol–water partition coefficient (Wildman–Crippen LogP) is 2.62. The van der Waals surface area contributed by atoms with E-state index in [-0.39, 0.29) is 34.5 Å². The van der Waals surface area contributed by atoms with Gasteiger partial charge < -0.3 is 14.2 Å². The van der Waals surface area contributed by atoms with Crippen LogP contribution in [0.25, 0.3) is 17.2 Å². The molecule has 0 aliphatic carbocycles. The molecule has 14 heteroatoms. The minimum absolute atomic E-state index is 0.123. The number of ether oxygens (including phenoxy) is 3. The zero-order valence-corrected chi connectivity index (χ0v) is 17.0. The Kier molecular flexibility index (Phi) is 5.78. The summed E-state index contributed by atoms with van der Waals surface area (Å²) in [7, 11) is -0.505. The lowest BCUT2D eigenvalue weighted by Gasteiger charge is -2.14. The van der Waals surface area contributed by atoms with Crippen LogP contribution in [0.5, 0.6) is 17.2 Å². The number of nitrogens with zero attached hydrogens (tertiary/aromatic N) is 4. The van der Waals surface area contributed by atoms with Gasteiger partial charge in [-0.1, -0.05) is 0 Å².